The summed E-state index contributed by atoms with van der Waals surface area (Å²) in [4.78, 5) is 11.8. The molecular weight excluding hydrogens is 364 g/mol. The van der Waals surface area contributed by atoms with Gasteiger partial charge in [0.15, 0.2) is 5.82 Å². The largest absolute Gasteiger partial charge is 0.216 e. The zero-order chi connectivity index (χ0) is 19.6. The van der Waals surface area contributed by atoms with Crippen LogP contribution in [0.25, 0.3) is 5.69 Å². The van der Waals surface area contributed by atoms with Gasteiger partial charge in [-0.05, 0) is 73.0 Å². The van der Waals surface area contributed by atoms with Crippen LogP contribution in [0, 0.1) is 18.8 Å². The first-order valence-corrected chi connectivity index (χ1v) is 9.04. The summed E-state index contributed by atoms with van der Waals surface area (Å²) in [6, 6.07) is 13.0. The minimum atomic E-state index is -0.853. The van der Waals surface area contributed by atoms with E-state index in [1.807, 2.05) is 45.9 Å². The number of rotatable bonds is 6. The molecule has 0 N–H and O–H groups in total. The summed E-state index contributed by atoms with van der Waals surface area (Å²) in [5.41, 5.74) is 2.75. The summed E-state index contributed by atoms with van der Waals surface area (Å²) in [5.74, 6) is 0.539. The van der Waals surface area contributed by atoms with Gasteiger partial charge in [0, 0.05) is 5.02 Å². The SMILES string of the molecule is CC[C@@](C)(c1nnnn1-c1c(C)cccc1C)N(N=O)c1ccc(Cl)cc1. The number of halogens is 1. The van der Waals surface area contributed by atoms with Gasteiger partial charge in [0.25, 0.3) is 0 Å². The number of para-hydroxylation sites is 1. The van der Waals surface area contributed by atoms with Crippen molar-refractivity contribution in [2.24, 2.45) is 5.29 Å². The molecule has 27 heavy (non-hydrogen) atoms. The summed E-state index contributed by atoms with van der Waals surface area (Å²) in [6.45, 7) is 7.88. The van der Waals surface area contributed by atoms with Crippen LogP contribution in [0.15, 0.2) is 47.8 Å². The van der Waals surface area contributed by atoms with Crippen molar-refractivity contribution in [3.63, 3.8) is 0 Å². The fraction of sp³-hybridized carbons (Fsp3) is 0.316. The lowest BCUT2D eigenvalue weighted by molar-refractivity contribution is 0.392. The number of hydrogen-bond donors (Lipinski definition) is 0. The van der Waals surface area contributed by atoms with E-state index >= 15 is 0 Å². The fourth-order valence-electron chi connectivity index (χ4n) is 3.22. The van der Waals surface area contributed by atoms with E-state index in [4.69, 9.17) is 11.6 Å². The van der Waals surface area contributed by atoms with Crippen molar-refractivity contribution in [3.05, 3.63) is 69.3 Å². The van der Waals surface area contributed by atoms with Crippen molar-refractivity contribution >= 4 is 17.3 Å². The van der Waals surface area contributed by atoms with E-state index in [1.54, 1.807) is 28.9 Å². The van der Waals surface area contributed by atoms with Gasteiger partial charge in [-0.1, -0.05) is 36.7 Å². The molecule has 140 valence electrons. The van der Waals surface area contributed by atoms with Crippen molar-refractivity contribution in [1.82, 2.24) is 20.2 Å². The normalized spacial score (nSPS) is 13.2. The summed E-state index contributed by atoms with van der Waals surface area (Å²) >= 11 is 5.98. The molecule has 7 nitrogen and oxygen atoms in total. The van der Waals surface area contributed by atoms with Crippen LogP contribution in [-0.2, 0) is 5.54 Å². The molecule has 1 heterocycles. The molecule has 0 saturated carbocycles. The summed E-state index contributed by atoms with van der Waals surface area (Å²) in [5, 5.41) is 17.7. The Morgan fingerprint density at radius 1 is 1.15 bits per heavy atom. The Morgan fingerprint density at radius 3 is 2.33 bits per heavy atom. The van der Waals surface area contributed by atoms with Gasteiger partial charge in [0.1, 0.15) is 5.54 Å². The number of nitroso groups, excluding NO2 is 1. The smallest absolute Gasteiger partial charge is 0.184 e. The summed E-state index contributed by atoms with van der Waals surface area (Å²) < 4.78 is 1.70. The van der Waals surface area contributed by atoms with Crippen LogP contribution in [0.4, 0.5) is 5.69 Å². The Kier molecular flexibility index (Phi) is 5.23. The second kappa shape index (κ2) is 7.44. The quantitative estimate of drug-likeness (QED) is 0.453. The second-order valence-electron chi connectivity index (χ2n) is 6.65. The Balaban J connectivity index is 2.17. The highest BCUT2D eigenvalue weighted by molar-refractivity contribution is 6.30. The maximum atomic E-state index is 11.8. The highest BCUT2D eigenvalue weighted by atomic mass is 35.5. The molecule has 8 heteroatoms. The lowest BCUT2D eigenvalue weighted by atomic mass is 9.95. The average molecular weight is 385 g/mol. The monoisotopic (exact) mass is 384 g/mol. The van der Waals surface area contributed by atoms with Gasteiger partial charge in [-0.3, -0.25) is 0 Å². The average Bonchev–Trinajstić information content (AvgIpc) is 3.13. The molecule has 2 aromatic carbocycles. The summed E-state index contributed by atoms with van der Waals surface area (Å²) in [7, 11) is 0. The van der Waals surface area contributed by atoms with Gasteiger partial charge in [0.05, 0.1) is 16.7 Å². The molecule has 0 amide bonds. The first-order chi connectivity index (χ1) is 12.9. The Bertz CT molecular complexity index is 935. The van der Waals surface area contributed by atoms with Gasteiger partial charge < -0.3 is 0 Å². The second-order valence-corrected chi connectivity index (χ2v) is 7.09. The van der Waals surface area contributed by atoms with E-state index in [1.165, 1.54) is 5.01 Å². The number of anilines is 1. The zero-order valence-electron chi connectivity index (χ0n) is 15.7. The molecule has 0 aliphatic heterocycles. The Labute approximate surface area is 162 Å². The van der Waals surface area contributed by atoms with Crippen LogP contribution in [0.5, 0.6) is 0 Å². The highest BCUT2D eigenvalue weighted by Crippen LogP contribution is 2.36. The van der Waals surface area contributed by atoms with Crippen molar-refractivity contribution in [2.45, 2.75) is 39.7 Å². The predicted molar refractivity (Wildman–Crippen MR) is 106 cm³/mol. The molecular formula is C19H21ClN6O. The van der Waals surface area contributed by atoms with Crippen LogP contribution in [-0.4, -0.2) is 20.2 Å². The maximum Gasteiger partial charge on any atom is 0.184 e. The van der Waals surface area contributed by atoms with Crippen LogP contribution in [0.2, 0.25) is 5.02 Å². The van der Waals surface area contributed by atoms with Crippen LogP contribution in [0.1, 0.15) is 37.2 Å². The van der Waals surface area contributed by atoms with Crippen molar-refractivity contribution in [1.29, 1.82) is 0 Å². The van der Waals surface area contributed by atoms with E-state index in [0.29, 0.717) is 23.0 Å². The molecule has 1 aromatic heterocycles. The van der Waals surface area contributed by atoms with E-state index < -0.39 is 5.54 Å². The third-order valence-corrected chi connectivity index (χ3v) is 5.16. The first-order valence-electron chi connectivity index (χ1n) is 8.67. The molecule has 3 rings (SSSR count). The molecule has 1 atom stereocenters. The minimum absolute atomic E-state index is 0.539. The topological polar surface area (TPSA) is 76.3 Å². The molecule has 0 fully saturated rings. The van der Waals surface area contributed by atoms with Gasteiger partial charge >= 0.3 is 0 Å². The molecule has 0 aliphatic carbocycles. The lowest BCUT2D eigenvalue weighted by Gasteiger charge is -2.35. The Morgan fingerprint density at radius 2 is 1.78 bits per heavy atom. The van der Waals surface area contributed by atoms with E-state index in [9.17, 15) is 4.91 Å². The van der Waals surface area contributed by atoms with Crippen molar-refractivity contribution in [2.75, 3.05) is 5.01 Å². The molecule has 0 spiro atoms. The maximum absolute atomic E-state index is 11.8. The van der Waals surface area contributed by atoms with Crippen molar-refractivity contribution < 1.29 is 0 Å². The summed E-state index contributed by atoms with van der Waals surface area (Å²) in [6.07, 6.45) is 0.562. The molecule has 3 aromatic rings. The molecule has 0 radical (unpaired) electrons. The highest BCUT2D eigenvalue weighted by Gasteiger charge is 2.40. The first kappa shape index (κ1) is 19.0. The zero-order valence-corrected chi connectivity index (χ0v) is 16.5. The fourth-order valence-corrected chi connectivity index (χ4v) is 3.35. The third kappa shape index (κ3) is 3.30. The van der Waals surface area contributed by atoms with Crippen molar-refractivity contribution in [3.8, 4) is 5.69 Å². The molecule has 0 saturated heterocycles. The molecule has 0 unspecified atom stereocenters. The van der Waals surface area contributed by atoms with Gasteiger partial charge in [-0.2, -0.15) is 4.68 Å². The molecule has 0 bridgehead atoms. The number of benzene rings is 2. The van der Waals surface area contributed by atoms with Gasteiger partial charge in [-0.25, -0.2) is 5.01 Å². The van der Waals surface area contributed by atoms with Crippen LogP contribution in [0.3, 0.4) is 0 Å². The minimum Gasteiger partial charge on any atom is -0.216 e. The van der Waals surface area contributed by atoms with Gasteiger partial charge in [0.2, 0.25) is 0 Å². The van der Waals surface area contributed by atoms with Crippen LogP contribution >= 0.6 is 11.6 Å². The number of aromatic nitrogens is 4. The van der Waals surface area contributed by atoms with Crippen LogP contribution < -0.4 is 5.01 Å². The lowest BCUT2D eigenvalue weighted by Crippen LogP contribution is -2.42. The number of hydrogen-bond acceptors (Lipinski definition) is 5. The number of nitrogens with zero attached hydrogens (tertiary/aromatic N) is 6. The number of aryl methyl sites for hydroxylation is 2. The predicted octanol–water partition coefficient (Wildman–Crippen LogP) is 4.75. The molecule has 0 aliphatic rings. The number of tetrazole rings is 1. The van der Waals surface area contributed by atoms with E-state index in [2.05, 4.69) is 20.8 Å². The third-order valence-electron chi connectivity index (χ3n) is 4.91. The van der Waals surface area contributed by atoms with Gasteiger partial charge in [-0.15, -0.1) is 10.0 Å². The standard InChI is InChI=1S/C19H21ClN6O/c1-5-19(4,26(24-27)16-11-9-15(20)10-12-16)18-21-22-23-25(18)17-13(2)7-6-8-14(17)3/h6-12H,5H2,1-4H3/t19-/m0/s1. The van der Waals surface area contributed by atoms with E-state index in [-0.39, 0.29) is 0 Å². The van der Waals surface area contributed by atoms with E-state index in [0.717, 1.165) is 16.8 Å². The Hall–Kier alpha value is -2.80.